The fourth-order valence-electron chi connectivity index (χ4n) is 2.55. The van der Waals surface area contributed by atoms with Crippen LogP contribution in [0.4, 0.5) is 21.6 Å². The Hall–Kier alpha value is -2.50. The molecule has 1 N–H and O–H groups in total. The molecule has 1 fully saturated rings. The number of nitrogens with zero attached hydrogens (tertiary/aromatic N) is 3. The van der Waals surface area contributed by atoms with Crippen LogP contribution in [-0.4, -0.2) is 22.4 Å². The average molecular weight is 300 g/mol. The lowest BCUT2D eigenvalue weighted by Gasteiger charge is -2.17. The summed E-state index contributed by atoms with van der Waals surface area (Å²) >= 11 is 0. The van der Waals surface area contributed by atoms with Crippen LogP contribution in [0.3, 0.4) is 0 Å². The van der Waals surface area contributed by atoms with Crippen LogP contribution in [0.5, 0.6) is 0 Å². The van der Waals surface area contributed by atoms with Crippen molar-refractivity contribution in [3.8, 4) is 0 Å². The number of benzene rings is 1. The van der Waals surface area contributed by atoms with Crippen LogP contribution in [0.25, 0.3) is 0 Å². The SMILES string of the molecule is CCc1ncnc(Nc2cccc(N3CCCC3=O)c2)c1F. The fraction of sp³-hybridized carbons (Fsp3) is 0.312. The molecule has 1 saturated heterocycles. The minimum atomic E-state index is -0.437. The number of rotatable bonds is 4. The monoisotopic (exact) mass is 300 g/mol. The Morgan fingerprint density at radius 2 is 2.23 bits per heavy atom. The van der Waals surface area contributed by atoms with Crippen LogP contribution in [0.2, 0.25) is 0 Å². The molecule has 0 saturated carbocycles. The van der Waals surface area contributed by atoms with Gasteiger partial charge < -0.3 is 10.2 Å². The number of anilines is 3. The Bertz CT molecular complexity index is 704. The van der Waals surface area contributed by atoms with E-state index in [4.69, 9.17) is 0 Å². The standard InChI is InChI=1S/C16H17FN4O/c1-2-13-15(17)16(19-10-18-13)20-11-5-3-6-12(9-11)21-8-4-7-14(21)22/h3,5-6,9-10H,2,4,7-8H2,1H3,(H,18,19,20). The van der Waals surface area contributed by atoms with Crippen molar-refractivity contribution < 1.29 is 9.18 Å². The summed E-state index contributed by atoms with van der Waals surface area (Å²) in [5.74, 6) is -0.164. The molecule has 0 bridgehead atoms. The van der Waals surface area contributed by atoms with E-state index in [1.165, 1.54) is 6.33 Å². The predicted octanol–water partition coefficient (Wildman–Crippen LogP) is 3.05. The van der Waals surface area contributed by atoms with Gasteiger partial charge in [-0.2, -0.15) is 0 Å². The van der Waals surface area contributed by atoms with E-state index in [-0.39, 0.29) is 11.7 Å². The zero-order valence-corrected chi connectivity index (χ0v) is 12.3. The topological polar surface area (TPSA) is 58.1 Å². The molecule has 114 valence electrons. The van der Waals surface area contributed by atoms with E-state index in [1.54, 1.807) is 4.90 Å². The number of carbonyl (C=O) groups excluding carboxylic acids is 1. The molecule has 2 heterocycles. The summed E-state index contributed by atoms with van der Waals surface area (Å²) in [5, 5.41) is 2.96. The van der Waals surface area contributed by atoms with Gasteiger partial charge in [-0.15, -0.1) is 0 Å². The van der Waals surface area contributed by atoms with Gasteiger partial charge in [0.1, 0.15) is 6.33 Å². The highest BCUT2D eigenvalue weighted by molar-refractivity contribution is 5.95. The summed E-state index contributed by atoms with van der Waals surface area (Å²) in [6.45, 7) is 2.57. The van der Waals surface area contributed by atoms with Crippen LogP contribution < -0.4 is 10.2 Å². The van der Waals surface area contributed by atoms with Crippen LogP contribution in [0.15, 0.2) is 30.6 Å². The van der Waals surface area contributed by atoms with Gasteiger partial charge in [0.15, 0.2) is 11.6 Å². The van der Waals surface area contributed by atoms with Crippen molar-refractivity contribution >= 4 is 23.1 Å². The van der Waals surface area contributed by atoms with Crippen molar-refractivity contribution in [3.05, 3.63) is 42.1 Å². The number of aromatic nitrogens is 2. The van der Waals surface area contributed by atoms with Crippen LogP contribution >= 0.6 is 0 Å². The molecule has 0 radical (unpaired) electrons. The summed E-state index contributed by atoms with van der Waals surface area (Å²) in [7, 11) is 0. The third kappa shape index (κ3) is 2.77. The zero-order valence-electron chi connectivity index (χ0n) is 12.3. The van der Waals surface area contributed by atoms with Crippen LogP contribution in [0, 0.1) is 5.82 Å². The average Bonchev–Trinajstić information content (AvgIpc) is 2.96. The van der Waals surface area contributed by atoms with Gasteiger partial charge in [0, 0.05) is 24.3 Å². The first-order valence-corrected chi connectivity index (χ1v) is 7.36. The zero-order chi connectivity index (χ0) is 15.5. The molecule has 1 amide bonds. The molecule has 1 aliphatic heterocycles. The Morgan fingerprint density at radius 3 is 2.95 bits per heavy atom. The van der Waals surface area contributed by atoms with Crippen molar-refractivity contribution in [1.82, 2.24) is 9.97 Å². The maximum Gasteiger partial charge on any atom is 0.227 e. The van der Waals surface area contributed by atoms with E-state index in [2.05, 4.69) is 15.3 Å². The lowest BCUT2D eigenvalue weighted by Crippen LogP contribution is -2.23. The maximum absolute atomic E-state index is 14.2. The smallest absolute Gasteiger partial charge is 0.227 e. The van der Waals surface area contributed by atoms with Gasteiger partial charge in [0.2, 0.25) is 5.91 Å². The lowest BCUT2D eigenvalue weighted by molar-refractivity contribution is -0.117. The van der Waals surface area contributed by atoms with Gasteiger partial charge in [-0.1, -0.05) is 13.0 Å². The van der Waals surface area contributed by atoms with E-state index in [1.807, 2.05) is 31.2 Å². The van der Waals surface area contributed by atoms with Crippen molar-refractivity contribution in [2.24, 2.45) is 0 Å². The molecule has 0 aliphatic carbocycles. The lowest BCUT2D eigenvalue weighted by atomic mass is 10.2. The number of hydrogen-bond acceptors (Lipinski definition) is 4. The highest BCUT2D eigenvalue weighted by Crippen LogP contribution is 2.26. The summed E-state index contributed by atoms with van der Waals surface area (Å²) in [6.07, 6.45) is 3.30. The van der Waals surface area contributed by atoms with E-state index in [9.17, 15) is 9.18 Å². The van der Waals surface area contributed by atoms with Gasteiger partial charge in [-0.3, -0.25) is 4.79 Å². The highest BCUT2D eigenvalue weighted by atomic mass is 19.1. The number of amides is 1. The fourth-order valence-corrected chi connectivity index (χ4v) is 2.55. The quantitative estimate of drug-likeness (QED) is 0.943. The van der Waals surface area contributed by atoms with Crippen LogP contribution in [0.1, 0.15) is 25.5 Å². The number of aryl methyl sites for hydroxylation is 1. The third-order valence-electron chi connectivity index (χ3n) is 3.69. The molecule has 0 spiro atoms. The van der Waals surface area contributed by atoms with Crippen molar-refractivity contribution in [1.29, 1.82) is 0 Å². The number of halogens is 1. The van der Waals surface area contributed by atoms with Gasteiger partial charge in [0.25, 0.3) is 0 Å². The molecule has 3 rings (SSSR count). The van der Waals surface area contributed by atoms with Crippen LogP contribution in [-0.2, 0) is 11.2 Å². The minimum absolute atomic E-state index is 0.124. The first kappa shape index (κ1) is 14.4. The number of hydrogen-bond donors (Lipinski definition) is 1. The third-order valence-corrected chi connectivity index (χ3v) is 3.69. The molecular formula is C16H17FN4O. The van der Waals surface area contributed by atoms with Crippen molar-refractivity contribution in [2.75, 3.05) is 16.8 Å². The van der Waals surface area contributed by atoms with E-state index >= 15 is 0 Å². The summed E-state index contributed by atoms with van der Waals surface area (Å²) in [5.41, 5.74) is 1.89. The molecule has 1 aromatic carbocycles. The molecular weight excluding hydrogens is 283 g/mol. The first-order chi connectivity index (χ1) is 10.7. The Balaban J connectivity index is 1.86. The molecule has 2 aromatic rings. The second kappa shape index (κ2) is 6.09. The maximum atomic E-state index is 14.2. The normalized spacial score (nSPS) is 14.5. The van der Waals surface area contributed by atoms with Gasteiger partial charge in [-0.05, 0) is 31.0 Å². The molecule has 0 atom stereocenters. The molecule has 22 heavy (non-hydrogen) atoms. The molecule has 1 aromatic heterocycles. The van der Waals surface area contributed by atoms with E-state index in [0.29, 0.717) is 24.2 Å². The Morgan fingerprint density at radius 1 is 1.36 bits per heavy atom. The van der Waals surface area contributed by atoms with Crippen molar-refractivity contribution in [2.45, 2.75) is 26.2 Å². The first-order valence-electron chi connectivity index (χ1n) is 7.36. The molecule has 5 nitrogen and oxygen atoms in total. The molecule has 6 heteroatoms. The summed E-state index contributed by atoms with van der Waals surface area (Å²) in [4.78, 5) is 21.4. The van der Waals surface area contributed by atoms with E-state index in [0.717, 1.165) is 18.7 Å². The van der Waals surface area contributed by atoms with Gasteiger partial charge in [0.05, 0.1) is 5.69 Å². The Labute approximate surface area is 128 Å². The summed E-state index contributed by atoms with van der Waals surface area (Å²) in [6, 6.07) is 7.36. The van der Waals surface area contributed by atoms with Crippen molar-refractivity contribution in [3.63, 3.8) is 0 Å². The van der Waals surface area contributed by atoms with E-state index < -0.39 is 5.82 Å². The van der Waals surface area contributed by atoms with Gasteiger partial charge >= 0.3 is 0 Å². The minimum Gasteiger partial charge on any atom is -0.338 e. The largest absolute Gasteiger partial charge is 0.338 e. The Kier molecular flexibility index (Phi) is 4.00. The number of carbonyl (C=O) groups is 1. The molecule has 0 unspecified atom stereocenters. The second-order valence-electron chi connectivity index (χ2n) is 5.16. The molecule has 1 aliphatic rings. The second-order valence-corrected chi connectivity index (χ2v) is 5.16. The summed E-state index contributed by atoms with van der Waals surface area (Å²) < 4.78 is 14.2. The van der Waals surface area contributed by atoms with Gasteiger partial charge in [-0.25, -0.2) is 14.4 Å². The number of nitrogens with one attached hydrogen (secondary N) is 1. The highest BCUT2D eigenvalue weighted by Gasteiger charge is 2.21. The predicted molar refractivity (Wildman–Crippen MR) is 82.7 cm³/mol.